The molecule has 0 radical (unpaired) electrons. The fourth-order valence-corrected chi connectivity index (χ4v) is 4.20. The molecule has 2 heterocycles. The van der Waals surface area contributed by atoms with Gasteiger partial charge in [0, 0.05) is 19.3 Å². The van der Waals surface area contributed by atoms with Crippen molar-refractivity contribution in [2.45, 2.75) is 57.5 Å². The molecular formula is C20H27N3O2. The summed E-state index contributed by atoms with van der Waals surface area (Å²) in [6.45, 7) is 5.74. The third kappa shape index (κ3) is 3.62. The lowest BCUT2D eigenvalue weighted by Crippen LogP contribution is -2.45. The Morgan fingerprint density at radius 2 is 1.88 bits per heavy atom. The molecule has 1 aliphatic heterocycles. The van der Waals surface area contributed by atoms with E-state index in [1.165, 1.54) is 24.0 Å². The van der Waals surface area contributed by atoms with Crippen LogP contribution in [0.5, 0.6) is 0 Å². The highest BCUT2D eigenvalue weighted by Crippen LogP contribution is 2.40. The Balaban J connectivity index is 1.42. The third-order valence-electron chi connectivity index (χ3n) is 5.73. The summed E-state index contributed by atoms with van der Waals surface area (Å²) < 4.78 is 11.0. The van der Waals surface area contributed by atoms with Gasteiger partial charge >= 0.3 is 0 Å². The number of nitrogens with one attached hydrogen (secondary N) is 1. The summed E-state index contributed by atoms with van der Waals surface area (Å²) in [5.41, 5.74) is 2.90. The zero-order valence-corrected chi connectivity index (χ0v) is 15.1. The van der Waals surface area contributed by atoms with Crippen molar-refractivity contribution < 1.29 is 9.26 Å². The van der Waals surface area contributed by atoms with Crippen LogP contribution < -0.4 is 5.32 Å². The van der Waals surface area contributed by atoms with Crippen LogP contribution in [0.2, 0.25) is 0 Å². The molecule has 2 fully saturated rings. The smallest absolute Gasteiger partial charge is 0.244 e. The first-order valence-electron chi connectivity index (χ1n) is 9.40. The number of nitrogens with zero attached hydrogens (tertiary/aromatic N) is 2. The van der Waals surface area contributed by atoms with Gasteiger partial charge in [-0.15, -0.1) is 0 Å². The molecule has 0 bridgehead atoms. The number of ether oxygens (including phenoxy) is 1. The molecule has 134 valence electrons. The molecule has 1 saturated carbocycles. The molecule has 5 heteroatoms. The van der Waals surface area contributed by atoms with Gasteiger partial charge in [-0.25, -0.2) is 0 Å². The van der Waals surface area contributed by atoms with Crippen LogP contribution in [0.4, 0.5) is 0 Å². The molecule has 1 aromatic heterocycles. The van der Waals surface area contributed by atoms with Crippen molar-refractivity contribution in [3.8, 4) is 0 Å². The lowest BCUT2D eigenvalue weighted by Gasteiger charge is -2.40. The monoisotopic (exact) mass is 341 g/mol. The molecule has 1 N–H and O–H groups in total. The van der Waals surface area contributed by atoms with Crippen molar-refractivity contribution in [1.82, 2.24) is 15.5 Å². The van der Waals surface area contributed by atoms with Crippen LogP contribution in [0, 0.1) is 19.8 Å². The van der Waals surface area contributed by atoms with Gasteiger partial charge in [-0.1, -0.05) is 29.4 Å². The first kappa shape index (κ1) is 16.7. The van der Waals surface area contributed by atoms with Crippen molar-refractivity contribution in [2.75, 3.05) is 13.2 Å². The van der Waals surface area contributed by atoms with Gasteiger partial charge in [-0.3, -0.25) is 0 Å². The molecule has 2 aliphatic rings. The first-order valence-corrected chi connectivity index (χ1v) is 9.40. The minimum absolute atomic E-state index is 0.146. The number of hydrogen-bond acceptors (Lipinski definition) is 5. The SMILES string of the molecule is Cc1noc([C@H](NC2CC(c3ccccc3C)C2)C2CCOCC2)n1. The Hall–Kier alpha value is -1.72. The van der Waals surface area contributed by atoms with Gasteiger partial charge < -0.3 is 14.6 Å². The number of rotatable bonds is 5. The van der Waals surface area contributed by atoms with Crippen LogP contribution in [0.25, 0.3) is 0 Å². The van der Waals surface area contributed by atoms with E-state index in [9.17, 15) is 0 Å². The maximum atomic E-state index is 5.53. The Morgan fingerprint density at radius 3 is 2.56 bits per heavy atom. The van der Waals surface area contributed by atoms with E-state index >= 15 is 0 Å². The number of aryl methyl sites for hydroxylation is 2. The predicted octanol–water partition coefficient (Wildman–Crippen LogP) is 3.69. The van der Waals surface area contributed by atoms with Gasteiger partial charge in [0.2, 0.25) is 5.89 Å². The van der Waals surface area contributed by atoms with Crippen molar-refractivity contribution in [1.29, 1.82) is 0 Å². The van der Waals surface area contributed by atoms with Gasteiger partial charge in [-0.05, 0) is 62.5 Å². The second-order valence-electron chi connectivity index (χ2n) is 7.50. The van der Waals surface area contributed by atoms with Gasteiger partial charge in [0.1, 0.15) is 0 Å². The van der Waals surface area contributed by atoms with Gasteiger partial charge in [0.15, 0.2) is 5.82 Å². The summed E-state index contributed by atoms with van der Waals surface area (Å²) in [6.07, 6.45) is 4.45. The van der Waals surface area contributed by atoms with Crippen LogP contribution in [0.3, 0.4) is 0 Å². The lowest BCUT2D eigenvalue weighted by molar-refractivity contribution is 0.0436. The molecule has 1 saturated heterocycles. The fourth-order valence-electron chi connectivity index (χ4n) is 4.20. The summed E-state index contributed by atoms with van der Waals surface area (Å²) in [5.74, 6) is 2.62. The molecular weight excluding hydrogens is 314 g/mol. The summed E-state index contributed by atoms with van der Waals surface area (Å²) in [5, 5.41) is 7.82. The van der Waals surface area contributed by atoms with Crippen LogP contribution in [0.1, 0.15) is 60.5 Å². The predicted molar refractivity (Wildman–Crippen MR) is 95.4 cm³/mol. The van der Waals surface area contributed by atoms with E-state index in [4.69, 9.17) is 9.26 Å². The lowest BCUT2D eigenvalue weighted by atomic mass is 9.74. The minimum Gasteiger partial charge on any atom is -0.381 e. The van der Waals surface area contributed by atoms with Crippen molar-refractivity contribution >= 4 is 0 Å². The highest BCUT2D eigenvalue weighted by molar-refractivity contribution is 5.31. The maximum absolute atomic E-state index is 5.53. The van der Waals surface area contributed by atoms with Crippen molar-refractivity contribution in [3.05, 3.63) is 47.1 Å². The molecule has 25 heavy (non-hydrogen) atoms. The first-order chi connectivity index (χ1) is 12.2. The zero-order chi connectivity index (χ0) is 17.2. The van der Waals surface area contributed by atoms with E-state index in [1.54, 1.807) is 0 Å². The topological polar surface area (TPSA) is 60.2 Å². The summed E-state index contributed by atoms with van der Waals surface area (Å²) in [4.78, 5) is 4.51. The Labute approximate surface area is 149 Å². The average Bonchev–Trinajstić information content (AvgIpc) is 3.02. The van der Waals surface area contributed by atoms with E-state index in [2.05, 4.69) is 46.6 Å². The normalized spacial score (nSPS) is 25.5. The highest BCUT2D eigenvalue weighted by atomic mass is 16.5. The summed E-state index contributed by atoms with van der Waals surface area (Å²) >= 11 is 0. The largest absolute Gasteiger partial charge is 0.381 e. The van der Waals surface area contributed by atoms with E-state index in [-0.39, 0.29) is 6.04 Å². The Kier molecular flexibility index (Phi) is 4.86. The number of benzene rings is 1. The zero-order valence-electron chi connectivity index (χ0n) is 15.1. The second-order valence-corrected chi connectivity index (χ2v) is 7.50. The van der Waals surface area contributed by atoms with E-state index in [0.29, 0.717) is 23.7 Å². The second kappa shape index (κ2) is 7.26. The number of hydrogen-bond donors (Lipinski definition) is 1. The molecule has 0 amide bonds. The van der Waals surface area contributed by atoms with Crippen LogP contribution in [-0.4, -0.2) is 29.4 Å². The standard InChI is InChI=1S/C20H27N3O2/c1-13-5-3-4-6-18(13)16-11-17(12-16)22-19(15-7-9-24-10-8-15)20-21-14(2)23-25-20/h3-6,15-17,19,22H,7-12H2,1-2H3/t16?,17?,19-/m1/s1. The van der Waals surface area contributed by atoms with Crippen LogP contribution in [0.15, 0.2) is 28.8 Å². The minimum atomic E-state index is 0.146. The average molecular weight is 341 g/mol. The van der Waals surface area contributed by atoms with Crippen molar-refractivity contribution in [3.63, 3.8) is 0 Å². The maximum Gasteiger partial charge on any atom is 0.244 e. The quantitative estimate of drug-likeness (QED) is 0.899. The molecule has 1 atom stereocenters. The van der Waals surface area contributed by atoms with Crippen LogP contribution >= 0.6 is 0 Å². The molecule has 1 aliphatic carbocycles. The third-order valence-corrected chi connectivity index (χ3v) is 5.73. The highest BCUT2D eigenvalue weighted by Gasteiger charge is 2.37. The van der Waals surface area contributed by atoms with E-state index < -0.39 is 0 Å². The fraction of sp³-hybridized carbons (Fsp3) is 0.600. The van der Waals surface area contributed by atoms with Gasteiger partial charge in [0.05, 0.1) is 6.04 Å². The molecule has 0 spiro atoms. The summed E-state index contributed by atoms with van der Waals surface area (Å²) in [7, 11) is 0. The van der Waals surface area contributed by atoms with E-state index in [1.807, 2.05) is 6.92 Å². The summed E-state index contributed by atoms with van der Waals surface area (Å²) in [6, 6.07) is 9.41. The van der Waals surface area contributed by atoms with Gasteiger partial charge in [0.25, 0.3) is 0 Å². The number of aromatic nitrogens is 2. The van der Waals surface area contributed by atoms with Gasteiger partial charge in [-0.2, -0.15) is 4.98 Å². The van der Waals surface area contributed by atoms with Crippen molar-refractivity contribution in [2.24, 2.45) is 5.92 Å². The Morgan fingerprint density at radius 1 is 1.12 bits per heavy atom. The van der Waals surface area contributed by atoms with E-state index in [0.717, 1.165) is 31.9 Å². The molecule has 5 nitrogen and oxygen atoms in total. The molecule has 0 unspecified atom stereocenters. The molecule has 2 aromatic rings. The Bertz CT molecular complexity index is 702. The van der Waals surface area contributed by atoms with Crippen LogP contribution in [-0.2, 0) is 4.74 Å². The molecule has 4 rings (SSSR count). The molecule has 1 aromatic carbocycles.